The van der Waals surface area contributed by atoms with E-state index in [1.165, 1.54) is 0 Å². The Kier molecular flexibility index (Phi) is 7.02. The minimum Gasteiger partial charge on any atom is -0.494 e. The summed E-state index contributed by atoms with van der Waals surface area (Å²) in [5, 5.41) is 0. The van der Waals surface area contributed by atoms with Crippen molar-refractivity contribution in [2.75, 3.05) is 13.2 Å². The second-order valence-corrected chi connectivity index (χ2v) is 5.83. The molecule has 0 aliphatic carbocycles. The summed E-state index contributed by atoms with van der Waals surface area (Å²) in [6.07, 6.45) is 0.136. The number of benzene rings is 2. The van der Waals surface area contributed by atoms with Gasteiger partial charge >= 0.3 is 0 Å². The van der Waals surface area contributed by atoms with Gasteiger partial charge in [-0.3, -0.25) is 20.4 Å². The van der Waals surface area contributed by atoms with E-state index in [2.05, 4.69) is 10.9 Å². The summed E-state index contributed by atoms with van der Waals surface area (Å²) >= 11 is 0. The first-order valence-corrected chi connectivity index (χ1v) is 8.51. The molecule has 2 N–H and O–H groups in total. The van der Waals surface area contributed by atoms with Gasteiger partial charge in [-0.15, -0.1) is 0 Å². The van der Waals surface area contributed by atoms with E-state index in [9.17, 15) is 9.59 Å². The molecule has 0 aliphatic heterocycles. The topological polar surface area (TPSA) is 76.7 Å². The standard InChI is InChI=1S/C20H24N2O4/c1-4-25-17-9-7-16(8-10-17)20(24)22-21-19(23)11-12-26-18-13-14(2)5-6-15(18)3/h5-10,13H,4,11-12H2,1-3H3,(H,21,23)(H,22,24). The Morgan fingerprint density at radius 1 is 0.962 bits per heavy atom. The summed E-state index contributed by atoms with van der Waals surface area (Å²) in [7, 11) is 0. The first-order chi connectivity index (χ1) is 12.5. The van der Waals surface area contributed by atoms with Gasteiger partial charge in [0.2, 0.25) is 5.91 Å². The second kappa shape index (κ2) is 9.46. The molecule has 0 spiro atoms. The van der Waals surface area contributed by atoms with Crippen molar-refractivity contribution in [1.82, 2.24) is 10.9 Å². The third-order valence-electron chi connectivity index (χ3n) is 3.67. The van der Waals surface area contributed by atoms with Crippen molar-refractivity contribution in [3.63, 3.8) is 0 Å². The van der Waals surface area contributed by atoms with Crippen molar-refractivity contribution in [3.8, 4) is 11.5 Å². The molecular weight excluding hydrogens is 332 g/mol. The molecule has 26 heavy (non-hydrogen) atoms. The molecule has 0 saturated carbocycles. The number of aryl methyl sites for hydroxylation is 2. The lowest BCUT2D eigenvalue weighted by atomic mass is 10.1. The molecule has 0 unspecified atom stereocenters. The van der Waals surface area contributed by atoms with Gasteiger partial charge in [-0.1, -0.05) is 12.1 Å². The Bertz CT molecular complexity index is 757. The highest BCUT2D eigenvalue weighted by Crippen LogP contribution is 2.19. The zero-order valence-corrected chi connectivity index (χ0v) is 15.3. The van der Waals surface area contributed by atoms with Crippen LogP contribution >= 0.6 is 0 Å². The molecule has 2 aromatic rings. The maximum Gasteiger partial charge on any atom is 0.269 e. The zero-order valence-electron chi connectivity index (χ0n) is 15.3. The Morgan fingerprint density at radius 2 is 1.69 bits per heavy atom. The number of carbonyl (C=O) groups excluding carboxylic acids is 2. The number of carbonyl (C=O) groups is 2. The Hall–Kier alpha value is -3.02. The van der Waals surface area contributed by atoms with Crippen molar-refractivity contribution in [1.29, 1.82) is 0 Å². The predicted molar refractivity (Wildman–Crippen MR) is 99.2 cm³/mol. The fraction of sp³-hybridized carbons (Fsp3) is 0.300. The Morgan fingerprint density at radius 3 is 2.38 bits per heavy atom. The molecule has 0 heterocycles. The highest BCUT2D eigenvalue weighted by Gasteiger charge is 2.08. The lowest BCUT2D eigenvalue weighted by Gasteiger charge is -2.11. The van der Waals surface area contributed by atoms with Crippen LogP contribution in [0.15, 0.2) is 42.5 Å². The molecule has 0 radical (unpaired) electrons. The van der Waals surface area contributed by atoms with Gasteiger partial charge in [0.05, 0.1) is 19.6 Å². The van der Waals surface area contributed by atoms with Gasteiger partial charge in [0.15, 0.2) is 0 Å². The van der Waals surface area contributed by atoms with Crippen LogP contribution in [-0.2, 0) is 4.79 Å². The fourth-order valence-electron chi connectivity index (χ4n) is 2.25. The van der Waals surface area contributed by atoms with Crippen LogP contribution in [0.2, 0.25) is 0 Å². The van der Waals surface area contributed by atoms with E-state index in [0.717, 1.165) is 16.9 Å². The monoisotopic (exact) mass is 356 g/mol. The molecule has 0 aliphatic rings. The zero-order chi connectivity index (χ0) is 18.9. The van der Waals surface area contributed by atoms with Gasteiger partial charge in [-0.25, -0.2) is 0 Å². The van der Waals surface area contributed by atoms with E-state index in [0.29, 0.717) is 17.9 Å². The van der Waals surface area contributed by atoms with Crippen LogP contribution in [0.25, 0.3) is 0 Å². The molecule has 0 atom stereocenters. The molecule has 2 aromatic carbocycles. The molecule has 2 amide bonds. The number of rotatable bonds is 7. The summed E-state index contributed by atoms with van der Waals surface area (Å²) in [5.74, 6) is 0.735. The van der Waals surface area contributed by atoms with E-state index in [1.807, 2.05) is 39.0 Å². The Balaban J connectivity index is 1.74. The Labute approximate surface area is 153 Å². The van der Waals surface area contributed by atoms with Crippen LogP contribution < -0.4 is 20.3 Å². The first-order valence-electron chi connectivity index (χ1n) is 8.51. The normalized spacial score (nSPS) is 10.1. The average molecular weight is 356 g/mol. The van der Waals surface area contributed by atoms with Crippen molar-refractivity contribution in [2.45, 2.75) is 27.2 Å². The number of amides is 2. The summed E-state index contributed by atoms with van der Waals surface area (Å²) in [6, 6.07) is 12.6. The molecule has 0 saturated heterocycles. The SMILES string of the molecule is CCOc1ccc(C(=O)NNC(=O)CCOc2cc(C)ccc2C)cc1. The van der Waals surface area contributed by atoms with Crippen LogP contribution in [0.1, 0.15) is 34.8 Å². The fourth-order valence-corrected chi connectivity index (χ4v) is 2.25. The maximum absolute atomic E-state index is 12.0. The molecule has 0 bridgehead atoms. The van der Waals surface area contributed by atoms with Crippen LogP contribution in [0.4, 0.5) is 0 Å². The number of hydrogen-bond donors (Lipinski definition) is 2. The van der Waals surface area contributed by atoms with Crippen molar-refractivity contribution >= 4 is 11.8 Å². The second-order valence-electron chi connectivity index (χ2n) is 5.83. The van der Waals surface area contributed by atoms with E-state index in [-0.39, 0.29) is 18.9 Å². The van der Waals surface area contributed by atoms with E-state index in [1.54, 1.807) is 24.3 Å². The van der Waals surface area contributed by atoms with Crippen molar-refractivity contribution < 1.29 is 19.1 Å². The van der Waals surface area contributed by atoms with Gasteiger partial charge in [0, 0.05) is 5.56 Å². The van der Waals surface area contributed by atoms with Crippen molar-refractivity contribution in [2.24, 2.45) is 0 Å². The minimum atomic E-state index is -0.392. The average Bonchev–Trinajstić information content (AvgIpc) is 2.63. The smallest absolute Gasteiger partial charge is 0.269 e. The van der Waals surface area contributed by atoms with Crippen LogP contribution in [0.3, 0.4) is 0 Å². The minimum absolute atomic E-state index is 0.136. The molecule has 6 nitrogen and oxygen atoms in total. The van der Waals surface area contributed by atoms with Gasteiger partial charge in [0.1, 0.15) is 11.5 Å². The van der Waals surface area contributed by atoms with Gasteiger partial charge in [0.25, 0.3) is 5.91 Å². The summed E-state index contributed by atoms with van der Waals surface area (Å²) in [5.41, 5.74) is 7.31. The van der Waals surface area contributed by atoms with Crippen LogP contribution in [-0.4, -0.2) is 25.0 Å². The molecule has 138 valence electrons. The molecule has 0 aromatic heterocycles. The van der Waals surface area contributed by atoms with Gasteiger partial charge < -0.3 is 9.47 Å². The number of hydrogen-bond acceptors (Lipinski definition) is 4. The third-order valence-corrected chi connectivity index (χ3v) is 3.67. The number of ether oxygens (including phenoxy) is 2. The van der Waals surface area contributed by atoms with Crippen molar-refractivity contribution in [3.05, 3.63) is 59.2 Å². The summed E-state index contributed by atoms with van der Waals surface area (Å²) in [4.78, 5) is 23.8. The predicted octanol–water partition coefficient (Wildman–Crippen LogP) is 2.93. The van der Waals surface area contributed by atoms with E-state index >= 15 is 0 Å². The van der Waals surface area contributed by atoms with E-state index in [4.69, 9.17) is 9.47 Å². The van der Waals surface area contributed by atoms with Gasteiger partial charge in [-0.05, 0) is 62.2 Å². The number of hydrazine groups is 1. The largest absolute Gasteiger partial charge is 0.494 e. The highest BCUT2D eigenvalue weighted by molar-refractivity contribution is 5.95. The highest BCUT2D eigenvalue weighted by atomic mass is 16.5. The maximum atomic E-state index is 12.0. The van der Waals surface area contributed by atoms with Gasteiger partial charge in [-0.2, -0.15) is 0 Å². The first kappa shape index (κ1) is 19.3. The van der Waals surface area contributed by atoms with Crippen LogP contribution in [0.5, 0.6) is 11.5 Å². The molecule has 2 rings (SSSR count). The quantitative estimate of drug-likeness (QED) is 0.748. The molecule has 0 fully saturated rings. The third kappa shape index (κ3) is 5.81. The lowest BCUT2D eigenvalue weighted by molar-refractivity contribution is -0.122. The number of nitrogens with one attached hydrogen (secondary N) is 2. The van der Waals surface area contributed by atoms with E-state index < -0.39 is 5.91 Å². The molecular formula is C20H24N2O4. The van der Waals surface area contributed by atoms with Crippen LogP contribution in [0, 0.1) is 13.8 Å². The summed E-state index contributed by atoms with van der Waals surface area (Å²) in [6.45, 7) is 6.61. The summed E-state index contributed by atoms with van der Waals surface area (Å²) < 4.78 is 10.9. The lowest BCUT2D eigenvalue weighted by Crippen LogP contribution is -2.42. The molecule has 6 heteroatoms.